The van der Waals surface area contributed by atoms with Crippen molar-refractivity contribution in [2.24, 2.45) is 5.92 Å². The fourth-order valence-electron chi connectivity index (χ4n) is 0.734. The summed E-state index contributed by atoms with van der Waals surface area (Å²) in [5.41, 5.74) is 0. The van der Waals surface area contributed by atoms with Gasteiger partial charge in [0, 0.05) is 12.5 Å². The van der Waals surface area contributed by atoms with Gasteiger partial charge in [-0.15, -0.1) is 0 Å². The molecule has 0 aromatic heterocycles. The minimum Gasteiger partial charge on any atom is -0.381 e. The molecule has 0 aromatic rings. The zero-order valence-corrected chi connectivity index (χ0v) is 5.24. The van der Waals surface area contributed by atoms with E-state index < -0.39 is 0 Å². The Morgan fingerprint density at radius 2 is 2.50 bits per heavy atom. The van der Waals surface area contributed by atoms with E-state index in [1.54, 1.807) is 0 Å². The largest absolute Gasteiger partial charge is 0.381 e. The van der Waals surface area contributed by atoms with Crippen LogP contribution < -0.4 is 0 Å². The first-order valence-corrected chi connectivity index (χ1v) is 3.00. The van der Waals surface area contributed by atoms with Gasteiger partial charge >= 0.3 is 0 Å². The van der Waals surface area contributed by atoms with Gasteiger partial charge < -0.3 is 4.74 Å². The summed E-state index contributed by atoms with van der Waals surface area (Å²) in [6.07, 6.45) is 0.919. The van der Waals surface area contributed by atoms with Gasteiger partial charge in [0.15, 0.2) is 0 Å². The predicted molar refractivity (Wildman–Crippen MR) is 32.5 cm³/mol. The van der Waals surface area contributed by atoms with Crippen molar-refractivity contribution in [2.45, 2.75) is 6.42 Å². The van der Waals surface area contributed by atoms with Crippen molar-refractivity contribution >= 4 is 16.8 Å². The standard InChI is InChI=1S/C5H8ClNO/c6-5(7)4-1-2-8-3-4/h4,7H,1-3H2. The summed E-state index contributed by atoms with van der Waals surface area (Å²) >= 11 is 5.39. The van der Waals surface area contributed by atoms with Crippen LogP contribution >= 0.6 is 11.6 Å². The van der Waals surface area contributed by atoms with E-state index in [9.17, 15) is 0 Å². The first kappa shape index (κ1) is 6.05. The molecule has 0 aromatic carbocycles. The lowest BCUT2D eigenvalue weighted by molar-refractivity contribution is 0.193. The van der Waals surface area contributed by atoms with Crippen LogP contribution in [-0.4, -0.2) is 18.4 Å². The van der Waals surface area contributed by atoms with Crippen LogP contribution in [0.1, 0.15) is 6.42 Å². The minimum absolute atomic E-state index is 0.191. The first-order valence-electron chi connectivity index (χ1n) is 2.62. The van der Waals surface area contributed by atoms with E-state index >= 15 is 0 Å². The van der Waals surface area contributed by atoms with E-state index in [-0.39, 0.29) is 11.1 Å². The van der Waals surface area contributed by atoms with Gasteiger partial charge in [0.2, 0.25) is 0 Å². The molecule has 1 unspecified atom stereocenters. The summed E-state index contributed by atoms with van der Waals surface area (Å²) in [4.78, 5) is 0. The molecule has 0 bridgehead atoms. The minimum atomic E-state index is 0.191. The second kappa shape index (κ2) is 2.46. The monoisotopic (exact) mass is 133 g/mol. The number of halogens is 1. The van der Waals surface area contributed by atoms with Crippen LogP contribution in [0.15, 0.2) is 0 Å². The molecule has 46 valence electrons. The maximum Gasteiger partial charge on any atom is 0.102 e. The molecule has 1 aliphatic rings. The van der Waals surface area contributed by atoms with Crippen LogP contribution in [0.4, 0.5) is 0 Å². The van der Waals surface area contributed by atoms with Crippen LogP contribution in [0.5, 0.6) is 0 Å². The van der Waals surface area contributed by atoms with Crippen molar-refractivity contribution in [1.82, 2.24) is 0 Å². The highest BCUT2D eigenvalue weighted by Crippen LogP contribution is 2.14. The Morgan fingerprint density at radius 1 is 1.75 bits per heavy atom. The summed E-state index contributed by atoms with van der Waals surface area (Å²) in [6, 6.07) is 0. The van der Waals surface area contributed by atoms with Gasteiger partial charge in [0.25, 0.3) is 0 Å². The molecule has 0 aliphatic carbocycles. The Morgan fingerprint density at radius 3 is 2.75 bits per heavy atom. The summed E-state index contributed by atoms with van der Waals surface area (Å²) in [5.74, 6) is 0.191. The number of rotatable bonds is 1. The molecule has 0 saturated carbocycles. The molecule has 8 heavy (non-hydrogen) atoms. The third-order valence-electron chi connectivity index (χ3n) is 1.29. The third kappa shape index (κ3) is 1.20. The average Bonchev–Trinajstić information content (AvgIpc) is 2.12. The smallest absolute Gasteiger partial charge is 0.102 e. The molecule has 0 radical (unpaired) electrons. The lowest BCUT2D eigenvalue weighted by Crippen LogP contribution is -2.05. The number of hydrogen-bond acceptors (Lipinski definition) is 2. The molecular formula is C5H8ClNO. The fourth-order valence-corrected chi connectivity index (χ4v) is 0.907. The normalized spacial score (nSPS) is 28.4. The maximum absolute atomic E-state index is 6.98. The van der Waals surface area contributed by atoms with E-state index in [1.807, 2.05) is 0 Å². The van der Waals surface area contributed by atoms with E-state index in [0.717, 1.165) is 13.0 Å². The van der Waals surface area contributed by atoms with E-state index in [4.69, 9.17) is 21.7 Å². The second-order valence-electron chi connectivity index (χ2n) is 1.91. The zero-order valence-electron chi connectivity index (χ0n) is 4.48. The van der Waals surface area contributed by atoms with Crippen molar-refractivity contribution in [1.29, 1.82) is 5.41 Å². The molecule has 3 heteroatoms. The fraction of sp³-hybridized carbons (Fsp3) is 0.800. The second-order valence-corrected chi connectivity index (χ2v) is 2.32. The van der Waals surface area contributed by atoms with Gasteiger partial charge in [-0.2, -0.15) is 0 Å². The van der Waals surface area contributed by atoms with Gasteiger partial charge in [-0.05, 0) is 6.42 Å². The molecule has 1 atom stereocenters. The lowest BCUT2D eigenvalue weighted by Gasteiger charge is -1.98. The highest BCUT2D eigenvalue weighted by atomic mass is 35.5. The Kier molecular flexibility index (Phi) is 1.86. The lowest BCUT2D eigenvalue weighted by atomic mass is 10.1. The Hall–Kier alpha value is -0.0800. The van der Waals surface area contributed by atoms with E-state index in [2.05, 4.69) is 0 Å². The van der Waals surface area contributed by atoms with Gasteiger partial charge in [-0.25, -0.2) is 0 Å². The summed E-state index contributed by atoms with van der Waals surface area (Å²) < 4.78 is 4.99. The number of hydrogen-bond donors (Lipinski definition) is 1. The molecule has 1 N–H and O–H groups in total. The van der Waals surface area contributed by atoms with Gasteiger partial charge in [0.1, 0.15) is 5.17 Å². The molecule has 1 saturated heterocycles. The quantitative estimate of drug-likeness (QED) is 0.537. The van der Waals surface area contributed by atoms with Crippen molar-refractivity contribution in [3.63, 3.8) is 0 Å². The third-order valence-corrected chi connectivity index (χ3v) is 1.60. The van der Waals surface area contributed by atoms with Gasteiger partial charge in [0.05, 0.1) is 6.61 Å². The molecule has 2 nitrogen and oxygen atoms in total. The van der Waals surface area contributed by atoms with Crippen LogP contribution in [-0.2, 0) is 4.74 Å². The molecular weight excluding hydrogens is 126 g/mol. The zero-order chi connectivity index (χ0) is 5.98. The summed E-state index contributed by atoms with van der Waals surface area (Å²) in [5, 5.41) is 7.22. The predicted octanol–water partition coefficient (Wildman–Crippen LogP) is 1.24. The Labute approximate surface area is 53.3 Å². The molecule has 1 aliphatic heterocycles. The van der Waals surface area contributed by atoms with Gasteiger partial charge in [-0.1, -0.05) is 11.6 Å². The van der Waals surface area contributed by atoms with Crippen LogP contribution in [0.2, 0.25) is 0 Å². The maximum atomic E-state index is 6.98. The number of nitrogens with one attached hydrogen (secondary N) is 1. The Bertz CT molecular complexity index is 98.6. The molecule has 1 rings (SSSR count). The van der Waals surface area contributed by atoms with Crippen LogP contribution in [0, 0.1) is 11.3 Å². The molecule has 0 spiro atoms. The summed E-state index contributed by atoms with van der Waals surface area (Å²) in [6.45, 7) is 1.40. The molecule has 0 amide bonds. The van der Waals surface area contributed by atoms with Crippen molar-refractivity contribution in [2.75, 3.05) is 13.2 Å². The average molecular weight is 134 g/mol. The topological polar surface area (TPSA) is 33.1 Å². The molecule has 1 fully saturated rings. The van der Waals surface area contributed by atoms with Crippen LogP contribution in [0.3, 0.4) is 0 Å². The van der Waals surface area contributed by atoms with Crippen molar-refractivity contribution < 1.29 is 4.74 Å². The summed E-state index contributed by atoms with van der Waals surface area (Å²) in [7, 11) is 0. The van der Waals surface area contributed by atoms with E-state index in [1.165, 1.54) is 0 Å². The molecule has 1 heterocycles. The van der Waals surface area contributed by atoms with Crippen LogP contribution in [0.25, 0.3) is 0 Å². The highest BCUT2D eigenvalue weighted by molar-refractivity contribution is 6.65. The number of ether oxygens (including phenoxy) is 1. The SMILES string of the molecule is N=C(Cl)C1CCOC1. The Balaban J connectivity index is 2.35. The van der Waals surface area contributed by atoms with Gasteiger partial charge in [-0.3, -0.25) is 5.41 Å². The van der Waals surface area contributed by atoms with Crippen molar-refractivity contribution in [3.8, 4) is 0 Å². The highest BCUT2D eigenvalue weighted by Gasteiger charge is 2.18. The van der Waals surface area contributed by atoms with Crippen molar-refractivity contribution in [3.05, 3.63) is 0 Å². The van der Waals surface area contributed by atoms with E-state index in [0.29, 0.717) is 6.61 Å². The first-order chi connectivity index (χ1) is 3.80.